The lowest BCUT2D eigenvalue weighted by atomic mass is 9.89. The van der Waals surface area contributed by atoms with Gasteiger partial charge in [0.15, 0.2) is 0 Å². The molecule has 0 amide bonds. The summed E-state index contributed by atoms with van der Waals surface area (Å²) >= 11 is 0. The van der Waals surface area contributed by atoms with Gasteiger partial charge in [-0.15, -0.1) is 0 Å². The summed E-state index contributed by atoms with van der Waals surface area (Å²) in [5.41, 5.74) is 0. The van der Waals surface area contributed by atoms with Gasteiger partial charge in [0.2, 0.25) is 0 Å². The first-order chi connectivity index (χ1) is 7.36. The Labute approximate surface area is 94.8 Å². The van der Waals surface area contributed by atoms with E-state index < -0.39 is 43.0 Å². The van der Waals surface area contributed by atoms with Gasteiger partial charge in [0.1, 0.15) is 12.2 Å². The van der Waals surface area contributed by atoms with Gasteiger partial charge < -0.3 is 30.6 Å². The van der Waals surface area contributed by atoms with Crippen LogP contribution in [0.15, 0.2) is 0 Å². The second kappa shape index (κ2) is 7.16. The molecule has 0 aliphatic carbocycles. The van der Waals surface area contributed by atoms with E-state index in [2.05, 4.69) is 0 Å². The van der Waals surface area contributed by atoms with Crippen molar-refractivity contribution in [1.29, 1.82) is 0 Å². The van der Waals surface area contributed by atoms with Crippen LogP contribution in [-0.2, 0) is 0 Å². The molecule has 0 fully saturated rings. The first-order valence-corrected chi connectivity index (χ1v) is 5.37. The highest BCUT2D eigenvalue weighted by atomic mass is 16.4. The van der Waals surface area contributed by atoms with E-state index in [-0.39, 0.29) is 6.42 Å². The van der Waals surface area contributed by atoms with Gasteiger partial charge in [-0.05, 0) is 6.42 Å². The standard InChI is InChI=1S/C10H22O6/c1-3-6(12)10(16)9(15)5(2)8(14)7(13)4-11/h5-16H,3-4H2,1-2H3. The molecule has 6 N–H and O–H groups in total. The molecule has 6 heteroatoms. The minimum Gasteiger partial charge on any atom is -0.394 e. The molecule has 6 atom stereocenters. The van der Waals surface area contributed by atoms with Gasteiger partial charge in [-0.3, -0.25) is 0 Å². The van der Waals surface area contributed by atoms with Crippen LogP contribution in [0.5, 0.6) is 0 Å². The fraction of sp³-hybridized carbons (Fsp3) is 1.00. The molecule has 0 saturated carbocycles. The predicted octanol–water partition coefficient (Wildman–Crippen LogP) is -2.17. The summed E-state index contributed by atoms with van der Waals surface area (Å²) in [7, 11) is 0. The van der Waals surface area contributed by atoms with E-state index in [0.717, 1.165) is 0 Å². The summed E-state index contributed by atoms with van der Waals surface area (Å²) in [4.78, 5) is 0. The largest absolute Gasteiger partial charge is 0.394 e. The Hall–Kier alpha value is -0.240. The fourth-order valence-electron chi connectivity index (χ4n) is 1.44. The monoisotopic (exact) mass is 238 g/mol. The Morgan fingerprint density at radius 1 is 0.812 bits per heavy atom. The lowest BCUT2D eigenvalue weighted by Crippen LogP contribution is -2.48. The van der Waals surface area contributed by atoms with E-state index in [9.17, 15) is 20.4 Å². The Balaban J connectivity index is 4.41. The molecule has 0 aromatic rings. The van der Waals surface area contributed by atoms with Crippen molar-refractivity contribution in [2.24, 2.45) is 5.92 Å². The summed E-state index contributed by atoms with van der Waals surface area (Å²) in [6, 6.07) is 0. The summed E-state index contributed by atoms with van der Waals surface area (Å²) in [6.07, 6.45) is -6.32. The van der Waals surface area contributed by atoms with Crippen LogP contribution in [0.2, 0.25) is 0 Å². The maximum absolute atomic E-state index is 9.64. The van der Waals surface area contributed by atoms with Gasteiger partial charge >= 0.3 is 0 Å². The average molecular weight is 238 g/mol. The molecule has 0 radical (unpaired) electrons. The molecule has 6 unspecified atom stereocenters. The molecule has 0 bridgehead atoms. The summed E-state index contributed by atoms with van der Waals surface area (Å²) in [5, 5.41) is 55.8. The molecular weight excluding hydrogens is 216 g/mol. The van der Waals surface area contributed by atoms with Crippen molar-refractivity contribution in [1.82, 2.24) is 0 Å². The van der Waals surface area contributed by atoms with Crippen LogP contribution in [0.1, 0.15) is 20.3 Å². The second-order valence-corrected chi connectivity index (χ2v) is 4.06. The summed E-state index contributed by atoms with van der Waals surface area (Å²) in [6.45, 7) is 2.43. The van der Waals surface area contributed by atoms with Crippen molar-refractivity contribution in [2.75, 3.05) is 6.61 Å². The molecule has 98 valence electrons. The van der Waals surface area contributed by atoms with E-state index in [1.807, 2.05) is 0 Å². The quantitative estimate of drug-likeness (QED) is 0.300. The second-order valence-electron chi connectivity index (χ2n) is 4.06. The van der Waals surface area contributed by atoms with Gasteiger partial charge in [-0.2, -0.15) is 0 Å². The van der Waals surface area contributed by atoms with Crippen LogP contribution < -0.4 is 0 Å². The lowest BCUT2D eigenvalue weighted by Gasteiger charge is -2.31. The van der Waals surface area contributed by atoms with Crippen molar-refractivity contribution >= 4 is 0 Å². The SMILES string of the molecule is CCC(O)C(O)C(O)C(C)C(O)C(O)CO. The van der Waals surface area contributed by atoms with Gasteiger partial charge in [-0.1, -0.05) is 13.8 Å². The molecule has 16 heavy (non-hydrogen) atoms. The average Bonchev–Trinajstić information content (AvgIpc) is 2.32. The summed E-state index contributed by atoms with van der Waals surface area (Å²) < 4.78 is 0. The summed E-state index contributed by atoms with van der Waals surface area (Å²) in [5.74, 6) is -0.863. The highest BCUT2D eigenvalue weighted by molar-refractivity contribution is 4.84. The van der Waals surface area contributed by atoms with Crippen LogP contribution in [-0.4, -0.2) is 67.8 Å². The van der Waals surface area contributed by atoms with Gasteiger partial charge in [-0.25, -0.2) is 0 Å². The lowest BCUT2D eigenvalue weighted by molar-refractivity contribution is -0.122. The third-order valence-corrected chi connectivity index (χ3v) is 2.82. The molecule has 0 aromatic carbocycles. The van der Waals surface area contributed by atoms with Crippen LogP contribution in [0.3, 0.4) is 0 Å². The van der Waals surface area contributed by atoms with Crippen molar-refractivity contribution in [3.8, 4) is 0 Å². The smallest absolute Gasteiger partial charge is 0.106 e. The van der Waals surface area contributed by atoms with Gasteiger partial charge in [0.05, 0.1) is 24.9 Å². The molecule has 6 nitrogen and oxygen atoms in total. The molecule has 0 aliphatic rings. The van der Waals surface area contributed by atoms with Crippen LogP contribution >= 0.6 is 0 Å². The van der Waals surface area contributed by atoms with Crippen LogP contribution in [0.4, 0.5) is 0 Å². The Morgan fingerprint density at radius 3 is 1.69 bits per heavy atom. The Kier molecular flexibility index (Phi) is 7.05. The van der Waals surface area contributed by atoms with Crippen molar-refractivity contribution in [3.05, 3.63) is 0 Å². The maximum atomic E-state index is 9.64. The van der Waals surface area contributed by atoms with E-state index in [0.29, 0.717) is 0 Å². The minimum atomic E-state index is -1.39. The molecule has 0 aliphatic heterocycles. The van der Waals surface area contributed by atoms with Crippen molar-refractivity contribution in [3.63, 3.8) is 0 Å². The van der Waals surface area contributed by atoms with Gasteiger partial charge in [0, 0.05) is 5.92 Å². The Morgan fingerprint density at radius 2 is 1.31 bits per heavy atom. The van der Waals surface area contributed by atoms with Crippen molar-refractivity contribution < 1.29 is 30.6 Å². The highest BCUT2D eigenvalue weighted by Gasteiger charge is 2.34. The molecule has 0 heterocycles. The molecule has 0 saturated heterocycles. The molecule has 0 rings (SSSR count). The third-order valence-electron chi connectivity index (χ3n) is 2.82. The van der Waals surface area contributed by atoms with Gasteiger partial charge in [0.25, 0.3) is 0 Å². The van der Waals surface area contributed by atoms with E-state index in [1.165, 1.54) is 6.92 Å². The van der Waals surface area contributed by atoms with Crippen LogP contribution in [0, 0.1) is 5.92 Å². The highest BCUT2D eigenvalue weighted by Crippen LogP contribution is 2.17. The third kappa shape index (κ3) is 3.97. The number of hydrogen-bond acceptors (Lipinski definition) is 6. The fourth-order valence-corrected chi connectivity index (χ4v) is 1.44. The van der Waals surface area contributed by atoms with E-state index in [1.54, 1.807) is 6.92 Å². The van der Waals surface area contributed by atoms with Crippen LogP contribution in [0.25, 0.3) is 0 Å². The molecular formula is C10H22O6. The zero-order valence-corrected chi connectivity index (χ0v) is 9.56. The topological polar surface area (TPSA) is 121 Å². The zero-order chi connectivity index (χ0) is 12.9. The first-order valence-electron chi connectivity index (χ1n) is 5.37. The first kappa shape index (κ1) is 15.8. The maximum Gasteiger partial charge on any atom is 0.106 e. The number of aliphatic hydroxyl groups excluding tert-OH is 6. The number of rotatable bonds is 7. The Bertz CT molecular complexity index is 168. The van der Waals surface area contributed by atoms with E-state index >= 15 is 0 Å². The predicted molar refractivity (Wildman–Crippen MR) is 56.6 cm³/mol. The normalized spacial score (nSPS) is 23.2. The molecule has 0 aromatic heterocycles. The van der Waals surface area contributed by atoms with Crippen molar-refractivity contribution in [2.45, 2.75) is 50.8 Å². The number of aliphatic hydroxyl groups is 6. The molecule has 0 spiro atoms. The minimum absolute atomic E-state index is 0.267. The zero-order valence-electron chi connectivity index (χ0n) is 9.56. The van der Waals surface area contributed by atoms with E-state index in [4.69, 9.17) is 10.2 Å². The number of hydrogen-bond donors (Lipinski definition) is 6.